The first kappa shape index (κ1) is 26.2. The van der Waals surface area contributed by atoms with Crippen molar-refractivity contribution in [1.29, 1.82) is 0 Å². The van der Waals surface area contributed by atoms with Gasteiger partial charge >= 0.3 is 0 Å². The van der Waals surface area contributed by atoms with Gasteiger partial charge in [0.15, 0.2) is 16.7 Å². The van der Waals surface area contributed by atoms with Gasteiger partial charge in [-0.15, -0.1) is 10.2 Å². The Morgan fingerprint density at radius 2 is 1.65 bits per heavy atom. The average Bonchev–Trinajstić information content (AvgIpc) is 3.64. The number of hydrogen-bond acceptors (Lipinski definition) is 7. The zero-order valence-corrected chi connectivity index (χ0v) is 23.5. The molecule has 10 heteroatoms. The maximum Gasteiger partial charge on any atom is 0.275 e. The van der Waals surface area contributed by atoms with Crippen LogP contribution in [0.2, 0.25) is 5.02 Å². The van der Waals surface area contributed by atoms with E-state index in [0.29, 0.717) is 46.4 Å². The number of benzene rings is 3. The first-order valence-electron chi connectivity index (χ1n) is 13.0. The number of hydrogen-bond donors (Lipinski definition) is 0. The van der Waals surface area contributed by atoms with Crippen LogP contribution < -0.4 is 4.90 Å². The smallest absolute Gasteiger partial charge is 0.275 e. The summed E-state index contributed by atoms with van der Waals surface area (Å²) in [5, 5.41) is 10.2. The molecule has 0 atom stereocenters. The minimum Gasteiger partial charge on any atom is -0.447 e. The van der Waals surface area contributed by atoms with Crippen LogP contribution in [0.1, 0.15) is 21.9 Å². The molecule has 0 unspecified atom stereocenters. The topological polar surface area (TPSA) is 80.3 Å². The maximum absolute atomic E-state index is 13.2. The second-order valence-electron chi connectivity index (χ2n) is 9.44. The number of oxazole rings is 1. The summed E-state index contributed by atoms with van der Waals surface area (Å²) in [4.78, 5) is 21.8. The zero-order valence-electron chi connectivity index (χ0n) is 21.9. The highest BCUT2D eigenvalue weighted by Crippen LogP contribution is 2.33. The molecule has 1 aliphatic heterocycles. The van der Waals surface area contributed by atoms with Gasteiger partial charge in [-0.2, -0.15) is 0 Å². The van der Waals surface area contributed by atoms with Crippen molar-refractivity contribution < 1.29 is 9.21 Å². The first-order valence-corrected chi connectivity index (χ1v) is 14.4. The summed E-state index contributed by atoms with van der Waals surface area (Å²) in [7, 11) is 0. The third-order valence-electron chi connectivity index (χ3n) is 6.88. The van der Waals surface area contributed by atoms with Gasteiger partial charge in [0.2, 0.25) is 5.89 Å². The fourth-order valence-electron chi connectivity index (χ4n) is 4.82. The molecular formula is C30H27ClN6O2S. The first-order chi connectivity index (χ1) is 19.6. The number of anilines is 1. The number of aryl methyl sites for hydroxylation is 1. The van der Waals surface area contributed by atoms with Crippen molar-refractivity contribution in [1.82, 2.24) is 24.6 Å². The molecule has 3 heterocycles. The summed E-state index contributed by atoms with van der Waals surface area (Å²) in [5.74, 6) is 1.38. The quantitative estimate of drug-likeness (QED) is 0.217. The van der Waals surface area contributed by atoms with E-state index < -0.39 is 0 Å². The number of rotatable bonds is 7. The summed E-state index contributed by atoms with van der Waals surface area (Å²) in [5.41, 5.74) is 4.48. The Kier molecular flexibility index (Phi) is 7.57. The van der Waals surface area contributed by atoms with E-state index >= 15 is 0 Å². The summed E-state index contributed by atoms with van der Waals surface area (Å²) in [6, 6.07) is 25.8. The van der Waals surface area contributed by atoms with E-state index in [1.165, 1.54) is 29.3 Å². The van der Waals surface area contributed by atoms with Gasteiger partial charge in [-0.25, -0.2) is 4.98 Å². The number of amides is 1. The Bertz CT molecular complexity index is 1630. The monoisotopic (exact) mass is 570 g/mol. The standard InChI is InChI=1S/C30H27ClN6O2S/c1-21-9-5-8-14-26(21)35-15-17-36(18-16-35)29(38)25-19-39-27(32-25)20-40-30-34-33-28(23-12-6-7-13-24(23)31)37(30)22-10-3-2-4-11-22/h2-14,19H,15-18,20H2,1H3. The lowest BCUT2D eigenvalue weighted by atomic mass is 10.1. The minimum absolute atomic E-state index is 0.113. The van der Waals surface area contributed by atoms with E-state index in [1.807, 2.05) is 70.1 Å². The van der Waals surface area contributed by atoms with Crippen LogP contribution in [0.3, 0.4) is 0 Å². The maximum atomic E-state index is 13.2. The molecule has 6 rings (SSSR count). The molecule has 1 aliphatic rings. The number of aromatic nitrogens is 4. The second-order valence-corrected chi connectivity index (χ2v) is 10.8. The number of halogens is 1. The van der Waals surface area contributed by atoms with Gasteiger partial charge in [0.25, 0.3) is 5.91 Å². The van der Waals surface area contributed by atoms with Crippen molar-refractivity contribution in [3.05, 3.63) is 107 Å². The van der Waals surface area contributed by atoms with Gasteiger partial charge < -0.3 is 14.2 Å². The van der Waals surface area contributed by atoms with Crippen LogP contribution in [-0.4, -0.2) is 56.7 Å². The summed E-state index contributed by atoms with van der Waals surface area (Å²) >= 11 is 7.93. The molecule has 0 N–H and O–H groups in total. The lowest BCUT2D eigenvalue weighted by molar-refractivity contribution is 0.0740. The van der Waals surface area contributed by atoms with Crippen LogP contribution in [0.15, 0.2) is 94.7 Å². The molecule has 1 fully saturated rings. The Morgan fingerprint density at radius 1 is 0.925 bits per heavy atom. The highest BCUT2D eigenvalue weighted by Gasteiger charge is 2.25. The predicted octanol–water partition coefficient (Wildman–Crippen LogP) is 6.14. The molecule has 0 radical (unpaired) electrons. The molecule has 3 aromatic carbocycles. The Balaban J connectivity index is 1.15. The van der Waals surface area contributed by atoms with E-state index in [1.54, 1.807) is 0 Å². The van der Waals surface area contributed by atoms with E-state index in [0.717, 1.165) is 24.3 Å². The number of carbonyl (C=O) groups is 1. The molecular weight excluding hydrogens is 544 g/mol. The van der Waals surface area contributed by atoms with Crippen LogP contribution in [0.4, 0.5) is 5.69 Å². The van der Waals surface area contributed by atoms with Crippen molar-refractivity contribution in [3.63, 3.8) is 0 Å². The zero-order chi connectivity index (χ0) is 27.5. The van der Waals surface area contributed by atoms with Crippen molar-refractivity contribution >= 4 is 35.0 Å². The average molecular weight is 571 g/mol. The van der Waals surface area contributed by atoms with Gasteiger partial charge in [0.1, 0.15) is 6.26 Å². The summed E-state index contributed by atoms with van der Waals surface area (Å²) in [6.45, 7) is 4.94. The van der Waals surface area contributed by atoms with Gasteiger partial charge in [-0.05, 0) is 42.8 Å². The van der Waals surface area contributed by atoms with E-state index in [2.05, 4.69) is 45.2 Å². The number of piperazine rings is 1. The molecule has 0 aliphatic carbocycles. The highest BCUT2D eigenvalue weighted by molar-refractivity contribution is 7.98. The van der Waals surface area contributed by atoms with Gasteiger partial charge in [0, 0.05) is 43.1 Å². The SMILES string of the molecule is Cc1ccccc1N1CCN(C(=O)c2coc(CSc3nnc(-c4ccccc4Cl)n3-c3ccccc3)n2)CC1. The number of thioether (sulfide) groups is 1. The van der Waals surface area contributed by atoms with Crippen LogP contribution in [0.5, 0.6) is 0 Å². The van der Waals surface area contributed by atoms with Crippen molar-refractivity contribution in [2.75, 3.05) is 31.1 Å². The van der Waals surface area contributed by atoms with Crippen molar-refractivity contribution in [3.8, 4) is 17.1 Å². The molecule has 1 saturated heterocycles. The molecule has 8 nitrogen and oxygen atoms in total. The van der Waals surface area contributed by atoms with Crippen molar-refractivity contribution in [2.24, 2.45) is 0 Å². The second kappa shape index (κ2) is 11.6. The Hall–Kier alpha value is -4.08. The fourth-order valence-corrected chi connectivity index (χ4v) is 5.85. The molecule has 40 heavy (non-hydrogen) atoms. The van der Waals surface area contributed by atoms with E-state index in [-0.39, 0.29) is 5.91 Å². The third-order valence-corrected chi connectivity index (χ3v) is 8.12. The number of para-hydroxylation sites is 2. The lowest BCUT2D eigenvalue weighted by Crippen LogP contribution is -2.49. The molecule has 1 amide bonds. The largest absolute Gasteiger partial charge is 0.447 e. The normalized spacial score (nSPS) is 13.6. The van der Waals surface area contributed by atoms with Crippen molar-refractivity contribution in [2.45, 2.75) is 17.8 Å². The van der Waals surface area contributed by atoms with E-state index in [4.69, 9.17) is 16.0 Å². The van der Waals surface area contributed by atoms with Crippen LogP contribution in [-0.2, 0) is 5.75 Å². The van der Waals surface area contributed by atoms with Gasteiger partial charge in [0.05, 0.1) is 10.8 Å². The van der Waals surface area contributed by atoms with Crippen LogP contribution in [0, 0.1) is 6.92 Å². The van der Waals surface area contributed by atoms with E-state index in [9.17, 15) is 4.79 Å². The molecule has 0 saturated carbocycles. The number of nitrogens with zero attached hydrogens (tertiary/aromatic N) is 6. The minimum atomic E-state index is -0.113. The molecule has 0 bridgehead atoms. The highest BCUT2D eigenvalue weighted by atomic mass is 35.5. The number of carbonyl (C=O) groups excluding carboxylic acids is 1. The Labute approximate surface area is 241 Å². The molecule has 2 aromatic heterocycles. The molecule has 202 valence electrons. The van der Waals surface area contributed by atoms with Gasteiger partial charge in [-0.3, -0.25) is 9.36 Å². The third kappa shape index (κ3) is 5.35. The molecule has 5 aromatic rings. The summed E-state index contributed by atoms with van der Waals surface area (Å²) in [6.07, 6.45) is 1.45. The summed E-state index contributed by atoms with van der Waals surface area (Å²) < 4.78 is 7.66. The van der Waals surface area contributed by atoms with Crippen LogP contribution >= 0.6 is 23.4 Å². The molecule has 0 spiro atoms. The Morgan fingerprint density at radius 3 is 2.42 bits per heavy atom. The van der Waals surface area contributed by atoms with Gasteiger partial charge in [-0.1, -0.05) is 71.9 Å². The lowest BCUT2D eigenvalue weighted by Gasteiger charge is -2.36. The predicted molar refractivity (Wildman–Crippen MR) is 157 cm³/mol. The van der Waals surface area contributed by atoms with Crippen LogP contribution in [0.25, 0.3) is 17.1 Å². The fraction of sp³-hybridized carbons (Fsp3) is 0.200.